The van der Waals surface area contributed by atoms with Crippen LogP contribution in [0.2, 0.25) is 10.0 Å². The molecule has 0 heterocycles. The Morgan fingerprint density at radius 1 is 1.31 bits per heavy atom. The minimum atomic E-state index is -1.28. The number of aliphatic hydroxyl groups is 1. The van der Waals surface area contributed by atoms with Gasteiger partial charge in [0.1, 0.15) is 0 Å². The highest BCUT2D eigenvalue weighted by Gasteiger charge is 2.36. The van der Waals surface area contributed by atoms with Gasteiger partial charge >= 0.3 is 5.97 Å². The molecular formula is C11H12Cl2O3. The van der Waals surface area contributed by atoms with Gasteiger partial charge in [-0.1, -0.05) is 29.3 Å². The molecule has 1 unspecified atom stereocenters. The number of carbonyl (C=O) groups is 1. The van der Waals surface area contributed by atoms with Crippen LogP contribution < -0.4 is 0 Å². The van der Waals surface area contributed by atoms with E-state index in [4.69, 9.17) is 28.3 Å². The van der Waals surface area contributed by atoms with Gasteiger partial charge in [-0.15, -0.1) is 0 Å². The first-order valence-corrected chi connectivity index (χ1v) is 5.39. The summed E-state index contributed by atoms with van der Waals surface area (Å²) in [5.41, 5.74) is -0.848. The summed E-state index contributed by atoms with van der Waals surface area (Å²) in [7, 11) is 0. The van der Waals surface area contributed by atoms with E-state index in [0.717, 1.165) is 0 Å². The van der Waals surface area contributed by atoms with Gasteiger partial charge in [0.15, 0.2) is 0 Å². The van der Waals surface area contributed by atoms with Crippen LogP contribution in [0.25, 0.3) is 0 Å². The Morgan fingerprint density at radius 3 is 2.31 bits per heavy atom. The maximum absolute atomic E-state index is 11.0. The minimum absolute atomic E-state index is 0.291. The fourth-order valence-corrected chi connectivity index (χ4v) is 1.52. The fraction of sp³-hybridized carbons (Fsp3) is 0.364. The number of halogens is 2. The summed E-state index contributed by atoms with van der Waals surface area (Å²) >= 11 is 11.5. The monoisotopic (exact) mass is 262 g/mol. The topological polar surface area (TPSA) is 57.5 Å². The van der Waals surface area contributed by atoms with E-state index in [0.29, 0.717) is 15.6 Å². The van der Waals surface area contributed by atoms with E-state index in [2.05, 4.69) is 0 Å². The molecule has 16 heavy (non-hydrogen) atoms. The average molecular weight is 263 g/mol. The lowest BCUT2D eigenvalue weighted by Crippen LogP contribution is -2.31. The van der Waals surface area contributed by atoms with E-state index in [1.54, 1.807) is 6.07 Å². The minimum Gasteiger partial charge on any atom is -0.481 e. The van der Waals surface area contributed by atoms with Crippen LogP contribution in [0.1, 0.15) is 25.5 Å². The standard InChI is InChI=1S/C11H12Cl2O3/c1-11(2,10(15)16)9(14)6-3-4-7(12)8(13)5-6/h3-5,9,14H,1-2H3,(H,15,16). The first kappa shape index (κ1) is 13.3. The Bertz CT molecular complexity index is 416. The van der Waals surface area contributed by atoms with Gasteiger partial charge in [-0.2, -0.15) is 0 Å². The normalized spacial score (nSPS) is 13.6. The van der Waals surface area contributed by atoms with Gasteiger partial charge in [0.05, 0.1) is 21.6 Å². The Labute approximate surface area is 104 Å². The summed E-state index contributed by atoms with van der Waals surface area (Å²) in [6.45, 7) is 2.89. The lowest BCUT2D eigenvalue weighted by atomic mass is 9.83. The van der Waals surface area contributed by atoms with Crippen LogP contribution in [0, 0.1) is 5.41 Å². The Morgan fingerprint density at radius 2 is 1.88 bits per heavy atom. The molecule has 0 aromatic heterocycles. The number of aliphatic carboxylic acids is 1. The van der Waals surface area contributed by atoms with E-state index in [9.17, 15) is 9.90 Å². The van der Waals surface area contributed by atoms with Crippen LogP contribution in [-0.2, 0) is 4.79 Å². The fourth-order valence-electron chi connectivity index (χ4n) is 1.22. The van der Waals surface area contributed by atoms with Gasteiger partial charge in [0.2, 0.25) is 0 Å². The highest BCUT2D eigenvalue weighted by molar-refractivity contribution is 6.42. The van der Waals surface area contributed by atoms with Crippen molar-refractivity contribution in [3.63, 3.8) is 0 Å². The van der Waals surface area contributed by atoms with Crippen molar-refractivity contribution in [2.24, 2.45) is 5.41 Å². The summed E-state index contributed by atoms with van der Waals surface area (Å²) in [6, 6.07) is 4.56. The maximum atomic E-state index is 11.0. The van der Waals surface area contributed by atoms with Crippen LogP contribution in [-0.4, -0.2) is 16.2 Å². The zero-order chi connectivity index (χ0) is 12.5. The Hall–Kier alpha value is -0.770. The van der Waals surface area contributed by atoms with Crippen LogP contribution in [0.5, 0.6) is 0 Å². The molecule has 0 bridgehead atoms. The van der Waals surface area contributed by atoms with E-state index in [1.165, 1.54) is 26.0 Å². The smallest absolute Gasteiger partial charge is 0.312 e. The second-order valence-corrected chi connectivity index (χ2v) is 4.92. The summed E-state index contributed by atoms with van der Waals surface area (Å²) in [6.07, 6.45) is -1.14. The first-order valence-electron chi connectivity index (χ1n) is 4.63. The molecule has 1 atom stereocenters. The van der Waals surface area contributed by atoms with Crippen molar-refractivity contribution in [1.82, 2.24) is 0 Å². The molecular weight excluding hydrogens is 251 g/mol. The molecule has 1 aromatic carbocycles. The molecule has 0 fully saturated rings. The van der Waals surface area contributed by atoms with Crippen molar-refractivity contribution in [3.05, 3.63) is 33.8 Å². The molecule has 1 rings (SSSR count). The average Bonchev–Trinajstić information content (AvgIpc) is 2.20. The van der Waals surface area contributed by atoms with Crippen molar-refractivity contribution < 1.29 is 15.0 Å². The summed E-state index contributed by atoms with van der Waals surface area (Å²) in [4.78, 5) is 11.0. The summed E-state index contributed by atoms with van der Waals surface area (Å²) in [5.74, 6) is -1.08. The van der Waals surface area contributed by atoms with Gasteiger partial charge in [0.25, 0.3) is 0 Å². The molecule has 0 saturated carbocycles. The third kappa shape index (κ3) is 2.48. The third-order valence-corrected chi connectivity index (χ3v) is 3.23. The quantitative estimate of drug-likeness (QED) is 0.880. The molecule has 88 valence electrons. The largest absolute Gasteiger partial charge is 0.481 e. The van der Waals surface area contributed by atoms with Crippen LogP contribution in [0.4, 0.5) is 0 Å². The lowest BCUT2D eigenvalue weighted by molar-refractivity contribution is -0.153. The van der Waals surface area contributed by atoms with E-state index in [-0.39, 0.29) is 0 Å². The van der Waals surface area contributed by atoms with Crippen molar-refractivity contribution in [3.8, 4) is 0 Å². The van der Waals surface area contributed by atoms with Gasteiger partial charge in [-0.3, -0.25) is 4.79 Å². The van der Waals surface area contributed by atoms with E-state index < -0.39 is 17.5 Å². The number of rotatable bonds is 3. The Kier molecular flexibility index (Phi) is 3.84. The highest BCUT2D eigenvalue weighted by Crippen LogP contribution is 2.35. The van der Waals surface area contributed by atoms with Crippen LogP contribution in [0.15, 0.2) is 18.2 Å². The molecule has 2 N–H and O–H groups in total. The molecule has 0 aliphatic rings. The molecule has 5 heteroatoms. The zero-order valence-electron chi connectivity index (χ0n) is 8.87. The highest BCUT2D eigenvalue weighted by atomic mass is 35.5. The second-order valence-electron chi connectivity index (χ2n) is 4.10. The number of carboxylic acid groups (broad SMARTS) is 1. The first-order chi connectivity index (χ1) is 7.26. The third-order valence-electron chi connectivity index (χ3n) is 2.49. The number of hydrogen-bond donors (Lipinski definition) is 2. The summed E-state index contributed by atoms with van der Waals surface area (Å²) < 4.78 is 0. The zero-order valence-corrected chi connectivity index (χ0v) is 10.4. The van der Waals surface area contributed by atoms with E-state index in [1.807, 2.05) is 0 Å². The molecule has 0 aliphatic heterocycles. The Balaban J connectivity index is 3.10. The number of hydrogen-bond acceptors (Lipinski definition) is 2. The van der Waals surface area contributed by atoms with Crippen molar-refractivity contribution >= 4 is 29.2 Å². The van der Waals surface area contributed by atoms with Crippen molar-refractivity contribution in [2.45, 2.75) is 20.0 Å². The van der Waals surface area contributed by atoms with Gasteiger partial charge < -0.3 is 10.2 Å². The second kappa shape index (κ2) is 4.62. The number of aliphatic hydroxyl groups excluding tert-OH is 1. The molecule has 0 spiro atoms. The number of carboxylic acids is 1. The number of benzene rings is 1. The summed E-state index contributed by atoms with van der Waals surface area (Å²) in [5, 5.41) is 19.6. The lowest BCUT2D eigenvalue weighted by Gasteiger charge is -2.26. The van der Waals surface area contributed by atoms with Crippen molar-refractivity contribution in [2.75, 3.05) is 0 Å². The van der Waals surface area contributed by atoms with Gasteiger partial charge in [-0.05, 0) is 31.5 Å². The maximum Gasteiger partial charge on any atom is 0.312 e. The predicted molar refractivity (Wildman–Crippen MR) is 62.8 cm³/mol. The molecule has 0 aliphatic carbocycles. The van der Waals surface area contributed by atoms with Crippen LogP contribution in [0.3, 0.4) is 0 Å². The molecule has 0 amide bonds. The van der Waals surface area contributed by atoms with Gasteiger partial charge in [-0.25, -0.2) is 0 Å². The van der Waals surface area contributed by atoms with Crippen molar-refractivity contribution in [1.29, 1.82) is 0 Å². The van der Waals surface area contributed by atoms with Crippen LogP contribution >= 0.6 is 23.2 Å². The molecule has 0 saturated heterocycles. The molecule has 1 aromatic rings. The van der Waals surface area contributed by atoms with Gasteiger partial charge in [0, 0.05) is 0 Å². The molecule has 0 radical (unpaired) electrons. The SMILES string of the molecule is CC(C)(C(=O)O)C(O)c1ccc(Cl)c(Cl)c1. The van der Waals surface area contributed by atoms with E-state index >= 15 is 0 Å². The predicted octanol–water partition coefficient (Wildman–Crippen LogP) is 3.14. The molecule has 3 nitrogen and oxygen atoms in total.